The lowest BCUT2D eigenvalue weighted by atomic mass is 10.1. The number of carboxylic acids is 1. The van der Waals surface area contributed by atoms with E-state index in [4.69, 9.17) is 5.11 Å². The molecule has 0 unspecified atom stereocenters. The highest BCUT2D eigenvalue weighted by Crippen LogP contribution is 2.07. The molecule has 1 N–H and O–H groups in total. The van der Waals surface area contributed by atoms with Crippen LogP contribution in [0.4, 0.5) is 0 Å². The van der Waals surface area contributed by atoms with Crippen molar-refractivity contribution in [3.05, 3.63) is 41.5 Å². The summed E-state index contributed by atoms with van der Waals surface area (Å²) >= 11 is 0. The quantitative estimate of drug-likeness (QED) is 0.795. The summed E-state index contributed by atoms with van der Waals surface area (Å²) in [5.41, 5.74) is 1.36. The molecule has 0 aliphatic heterocycles. The number of hydrogen-bond donors (Lipinski definition) is 1. The van der Waals surface area contributed by atoms with Crippen LogP contribution in [0.1, 0.15) is 29.8 Å². The van der Waals surface area contributed by atoms with Gasteiger partial charge in [-0.25, -0.2) is 4.79 Å². The molecule has 0 amide bonds. The Kier molecular flexibility index (Phi) is 3.46. The van der Waals surface area contributed by atoms with E-state index in [1.54, 1.807) is 12.1 Å². The second-order valence-corrected chi connectivity index (χ2v) is 3.53. The van der Waals surface area contributed by atoms with Gasteiger partial charge in [-0.1, -0.05) is 38.1 Å². The first-order chi connectivity index (χ1) is 6.59. The van der Waals surface area contributed by atoms with Crippen molar-refractivity contribution in [2.75, 3.05) is 0 Å². The molecule has 2 heteroatoms. The highest BCUT2D eigenvalue weighted by molar-refractivity contribution is 5.87. The lowest BCUT2D eigenvalue weighted by Gasteiger charge is -1.97. The fraction of sp³-hybridized carbons (Fsp3) is 0.250. The van der Waals surface area contributed by atoms with Crippen molar-refractivity contribution in [3.8, 4) is 0 Å². The van der Waals surface area contributed by atoms with Gasteiger partial charge in [0.15, 0.2) is 0 Å². The molecule has 14 heavy (non-hydrogen) atoms. The maximum Gasteiger partial charge on any atom is 0.335 e. The first kappa shape index (κ1) is 10.5. The molecule has 0 saturated carbocycles. The summed E-state index contributed by atoms with van der Waals surface area (Å²) in [7, 11) is 0. The number of carbonyl (C=O) groups is 1. The van der Waals surface area contributed by atoms with Crippen molar-refractivity contribution < 1.29 is 9.90 Å². The zero-order valence-electron chi connectivity index (χ0n) is 8.40. The van der Waals surface area contributed by atoms with Crippen molar-refractivity contribution >= 4 is 12.0 Å². The van der Waals surface area contributed by atoms with Crippen LogP contribution in [-0.2, 0) is 0 Å². The Hall–Kier alpha value is -1.57. The van der Waals surface area contributed by atoms with Crippen LogP contribution in [-0.4, -0.2) is 11.1 Å². The van der Waals surface area contributed by atoms with Crippen molar-refractivity contribution in [1.82, 2.24) is 0 Å². The molecule has 1 rings (SSSR count). The Bertz CT molecular complexity index is 334. The molecule has 1 aromatic rings. The standard InChI is InChI=1S/C12H14O2/c1-9(2)3-4-10-5-7-11(8-6-10)12(13)14/h3-9H,1-2H3,(H,13,14)/b4-3+. The average molecular weight is 190 g/mol. The smallest absolute Gasteiger partial charge is 0.335 e. The summed E-state index contributed by atoms with van der Waals surface area (Å²) in [4.78, 5) is 10.6. The molecule has 0 aliphatic rings. The Morgan fingerprint density at radius 1 is 1.29 bits per heavy atom. The number of hydrogen-bond acceptors (Lipinski definition) is 1. The van der Waals surface area contributed by atoms with E-state index in [-0.39, 0.29) is 0 Å². The van der Waals surface area contributed by atoms with Gasteiger partial charge >= 0.3 is 5.97 Å². The molecule has 0 saturated heterocycles. The maximum absolute atomic E-state index is 10.6. The molecule has 2 nitrogen and oxygen atoms in total. The summed E-state index contributed by atoms with van der Waals surface area (Å²) in [6, 6.07) is 6.84. The largest absolute Gasteiger partial charge is 0.478 e. The van der Waals surface area contributed by atoms with Gasteiger partial charge in [-0.2, -0.15) is 0 Å². The summed E-state index contributed by atoms with van der Waals surface area (Å²) in [5, 5.41) is 8.68. The monoisotopic (exact) mass is 190 g/mol. The molecule has 0 bridgehead atoms. The van der Waals surface area contributed by atoms with E-state index in [2.05, 4.69) is 19.9 Å². The van der Waals surface area contributed by atoms with E-state index in [0.29, 0.717) is 11.5 Å². The predicted octanol–water partition coefficient (Wildman–Crippen LogP) is 3.05. The molecule has 0 radical (unpaired) electrons. The van der Waals surface area contributed by atoms with E-state index >= 15 is 0 Å². The van der Waals surface area contributed by atoms with Crippen LogP contribution >= 0.6 is 0 Å². The summed E-state index contributed by atoms with van der Waals surface area (Å²) in [6.45, 7) is 4.20. The van der Waals surface area contributed by atoms with Gasteiger partial charge in [0, 0.05) is 0 Å². The minimum atomic E-state index is -0.885. The normalized spacial score (nSPS) is 11.1. The summed E-state index contributed by atoms with van der Waals surface area (Å²) in [6.07, 6.45) is 4.08. The number of aromatic carboxylic acids is 1. The molecular weight excluding hydrogens is 176 g/mol. The van der Waals surface area contributed by atoms with Gasteiger partial charge in [-0.15, -0.1) is 0 Å². The molecule has 0 aliphatic carbocycles. The van der Waals surface area contributed by atoms with E-state index in [0.717, 1.165) is 5.56 Å². The lowest BCUT2D eigenvalue weighted by molar-refractivity contribution is 0.0697. The highest BCUT2D eigenvalue weighted by atomic mass is 16.4. The summed E-state index contributed by atoms with van der Waals surface area (Å²) in [5.74, 6) is -0.376. The van der Waals surface area contributed by atoms with Gasteiger partial charge in [0.2, 0.25) is 0 Å². The second-order valence-electron chi connectivity index (χ2n) is 3.53. The molecule has 0 fully saturated rings. The van der Waals surface area contributed by atoms with Crippen LogP contribution in [0.25, 0.3) is 6.08 Å². The number of benzene rings is 1. The maximum atomic E-state index is 10.6. The molecule has 0 spiro atoms. The Balaban J connectivity index is 2.78. The fourth-order valence-electron chi connectivity index (χ4n) is 1.04. The molecule has 74 valence electrons. The van der Waals surface area contributed by atoms with Crippen molar-refractivity contribution in [2.24, 2.45) is 5.92 Å². The van der Waals surface area contributed by atoms with Crippen molar-refractivity contribution in [2.45, 2.75) is 13.8 Å². The van der Waals surface area contributed by atoms with Gasteiger partial charge in [0.05, 0.1) is 5.56 Å². The van der Waals surface area contributed by atoms with Gasteiger partial charge in [-0.3, -0.25) is 0 Å². The van der Waals surface area contributed by atoms with E-state index < -0.39 is 5.97 Å². The lowest BCUT2D eigenvalue weighted by Crippen LogP contribution is -1.94. The second kappa shape index (κ2) is 4.61. The van der Waals surface area contributed by atoms with Gasteiger partial charge in [0.1, 0.15) is 0 Å². The highest BCUT2D eigenvalue weighted by Gasteiger charge is 1.99. The molecule has 0 aromatic heterocycles. The molecule has 0 heterocycles. The van der Waals surface area contributed by atoms with E-state index in [9.17, 15) is 4.79 Å². The molecule has 1 aromatic carbocycles. The third-order valence-corrected chi connectivity index (χ3v) is 1.83. The average Bonchev–Trinajstić information content (AvgIpc) is 2.15. The van der Waals surface area contributed by atoms with Gasteiger partial charge in [0.25, 0.3) is 0 Å². The minimum absolute atomic E-state index is 0.326. The number of rotatable bonds is 3. The van der Waals surface area contributed by atoms with E-state index in [1.165, 1.54) is 0 Å². The number of carboxylic acid groups (broad SMARTS) is 1. The Morgan fingerprint density at radius 2 is 1.86 bits per heavy atom. The third-order valence-electron chi connectivity index (χ3n) is 1.83. The predicted molar refractivity (Wildman–Crippen MR) is 57.3 cm³/mol. The van der Waals surface area contributed by atoms with Crippen molar-refractivity contribution in [3.63, 3.8) is 0 Å². The van der Waals surface area contributed by atoms with Crippen LogP contribution in [0.2, 0.25) is 0 Å². The van der Waals surface area contributed by atoms with Crippen LogP contribution in [0.15, 0.2) is 30.3 Å². The van der Waals surface area contributed by atoms with Crippen molar-refractivity contribution in [1.29, 1.82) is 0 Å². The first-order valence-corrected chi connectivity index (χ1v) is 4.61. The summed E-state index contributed by atoms with van der Waals surface area (Å²) < 4.78 is 0. The zero-order chi connectivity index (χ0) is 10.6. The fourth-order valence-corrected chi connectivity index (χ4v) is 1.04. The Labute approximate surface area is 83.9 Å². The minimum Gasteiger partial charge on any atom is -0.478 e. The van der Waals surface area contributed by atoms with Crippen LogP contribution in [0.5, 0.6) is 0 Å². The van der Waals surface area contributed by atoms with Crippen LogP contribution in [0.3, 0.4) is 0 Å². The molecule has 0 atom stereocenters. The van der Waals surface area contributed by atoms with Gasteiger partial charge < -0.3 is 5.11 Å². The van der Waals surface area contributed by atoms with E-state index in [1.807, 2.05) is 18.2 Å². The SMILES string of the molecule is CC(C)/C=C/c1ccc(C(=O)O)cc1. The molecular formula is C12H14O2. The van der Waals surface area contributed by atoms with Crippen LogP contribution in [0, 0.1) is 5.92 Å². The number of allylic oxidation sites excluding steroid dienone is 1. The topological polar surface area (TPSA) is 37.3 Å². The Morgan fingerprint density at radius 3 is 2.29 bits per heavy atom. The van der Waals surface area contributed by atoms with Gasteiger partial charge in [-0.05, 0) is 23.6 Å². The van der Waals surface area contributed by atoms with Crippen LogP contribution < -0.4 is 0 Å². The first-order valence-electron chi connectivity index (χ1n) is 4.61. The third kappa shape index (κ3) is 3.05. The zero-order valence-corrected chi connectivity index (χ0v) is 8.40.